The van der Waals surface area contributed by atoms with Gasteiger partial charge in [-0.2, -0.15) is 0 Å². The number of halogens is 1. The van der Waals surface area contributed by atoms with Gasteiger partial charge in [-0.05, 0) is 49.6 Å². The number of carbonyl (C=O) groups excluding carboxylic acids is 2. The lowest BCUT2D eigenvalue weighted by atomic mass is 9.95. The fourth-order valence-corrected chi connectivity index (χ4v) is 3.49. The van der Waals surface area contributed by atoms with Gasteiger partial charge in [0.2, 0.25) is 5.91 Å². The van der Waals surface area contributed by atoms with Gasteiger partial charge in [-0.3, -0.25) is 9.59 Å². The first-order valence-electron chi connectivity index (χ1n) is 8.82. The van der Waals surface area contributed by atoms with E-state index in [2.05, 4.69) is 0 Å². The topological polar surface area (TPSA) is 53.8 Å². The molecule has 0 unspecified atom stereocenters. The third-order valence-electron chi connectivity index (χ3n) is 5.07. The van der Waals surface area contributed by atoms with Crippen molar-refractivity contribution in [3.05, 3.63) is 59.0 Å². The Kier molecular flexibility index (Phi) is 5.67. The minimum absolute atomic E-state index is 0.0593. The summed E-state index contributed by atoms with van der Waals surface area (Å²) in [6.45, 7) is 3.07. The fraction of sp³-hybridized carbons (Fsp3) is 0.400. The van der Waals surface area contributed by atoms with E-state index in [9.17, 15) is 9.59 Å². The van der Waals surface area contributed by atoms with Crippen LogP contribution in [0.1, 0.15) is 41.9 Å². The second-order valence-corrected chi connectivity index (χ2v) is 7.18. The summed E-state index contributed by atoms with van der Waals surface area (Å²) < 4.78 is 5.20. The minimum Gasteiger partial charge on any atom is -0.459 e. The first-order chi connectivity index (χ1) is 12.5. The summed E-state index contributed by atoms with van der Waals surface area (Å²) in [5, 5.41) is 0.675. The number of benzene rings is 1. The monoisotopic (exact) mass is 374 g/mol. The van der Waals surface area contributed by atoms with Crippen molar-refractivity contribution < 1.29 is 14.0 Å². The molecule has 0 radical (unpaired) electrons. The zero-order valence-electron chi connectivity index (χ0n) is 15.0. The molecule has 1 saturated heterocycles. The number of carbonyl (C=O) groups is 2. The molecule has 138 valence electrons. The smallest absolute Gasteiger partial charge is 0.289 e. The van der Waals surface area contributed by atoms with Crippen LogP contribution in [-0.2, 0) is 4.79 Å². The van der Waals surface area contributed by atoms with Gasteiger partial charge in [0.15, 0.2) is 5.76 Å². The van der Waals surface area contributed by atoms with E-state index in [-0.39, 0.29) is 23.8 Å². The standard InChI is InChI=1S/C20H23ClN2O3/c1-14(15-7-9-17(21)10-8-15)22(2)19(24)16-5-3-11-23(13-16)20(25)18-6-4-12-26-18/h4,6-10,12,14,16H,3,5,11,13H2,1-2H3/t14-,16-/m1/s1. The number of rotatable bonds is 4. The van der Waals surface area contributed by atoms with Crippen molar-refractivity contribution >= 4 is 23.4 Å². The highest BCUT2D eigenvalue weighted by atomic mass is 35.5. The van der Waals surface area contributed by atoms with Crippen LogP contribution in [0.25, 0.3) is 0 Å². The predicted octanol–water partition coefficient (Wildman–Crippen LogP) is 4.00. The SMILES string of the molecule is C[C@H](c1ccc(Cl)cc1)N(C)C(=O)[C@@H]1CCCN(C(=O)c2ccco2)C1. The number of piperidine rings is 1. The van der Waals surface area contributed by atoms with Gasteiger partial charge in [-0.1, -0.05) is 23.7 Å². The molecule has 1 fully saturated rings. The first-order valence-corrected chi connectivity index (χ1v) is 9.20. The maximum Gasteiger partial charge on any atom is 0.289 e. The molecule has 1 aromatic carbocycles. The zero-order valence-corrected chi connectivity index (χ0v) is 15.8. The van der Waals surface area contributed by atoms with Crippen LogP contribution >= 0.6 is 11.6 Å². The van der Waals surface area contributed by atoms with Crippen LogP contribution in [0, 0.1) is 5.92 Å². The third-order valence-corrected chi connectivity index (χ3v) is 5.32. The molecule has 1 aliphatic heterocycles. The van der Waals surface area contributed by atoms with Gasteiger partial charge in [-0.25, -0.2) is 0 Å². The van der Waals surface area contributed by atoms with E-state index in [0.717, 1.165) is 18.4 Å². The van der Waals surface area contributed by atoms with Crippen LogP contribution in [-0.4, -0.2) is 41.8 Å². The third kappa shape index (κ3) is 3.93. The number of nitrogens with zero attached hydrogens (tertiary/aromatic N) is 2. The average molecular weight is 375 g/mol. The van der Waals surface area contributed by atoms with Crippen molar-refractivity contribution in [3.8, 4) is 0 Å². The average Bonchev–Trinajstić information content (AvgIpc) is 3.21. The largest absolute Gasteiger partial charge is 0.459 e. The first kappa shape index (κ1) is 18.5. The van der Waals surface area contributed by atoms with Crippen LogP contribution in [0.2, 0.25) is 5.02 Å². The minimum atomic E-state index is -0.192. The van der Waals surface area contributed by atoms with E-state index in [0.29, 0.717) is 23.9 Å². The maximum absolute atomic E-state index is 13.0. The number of furan rings is 1. The summed E-state index contributed by atoms with van der Waals surface area (Å²) in [7, 11) is 1.81. The number of hydrogen-bond donors (Lipinski definition) is 0. The molecular weight excluding hydrogens is 352 g/mol. The van der Waals surface area contributed by atoms with Crippen molar-refractivity contribution in [1.29, 1.82) is 0 Å². The van der Waals surface area contributed by atoms with Crippen LogP contribution in [0.3, 0.4) is 0 Å². The van der Waals surface area contributed by atoms with E-state index in [1.54, 1.807) is 21.9 Å². The number of amides is 2. The molecule has 0 saturated carbocycles. The summed E-state index contributed by atoms with van der Waals surface area (Å²) in [6.07, 6.45) is 3.09. The molecular formula is C20H23ClN2O3. The second-order valence-electron chi connectivity index (χ2n) is 6.74. The summed E-state index contributed by atoms with van der Waals surface area (Å²) in [6, 6.07) is 10.8. The lowest BCUT2D eigenvalue weighted by Gasteiger charge is -2.35. The summed E-state index contributed by atoms with van der Waals surface area (Å²) in [4.78, 5) is 28.9. The van der Waals surface area contributed by atoms with E-state index in [4.69, 9.17) is 16.0 Å². The van der Waals surface area contributed by atoms with E-state index < -0.39 is 0 Å². The molecule has 2 atom stereocenters. The second kappa shape index (κ2) is 7.96. The van der Waals surface area contributed by atoms with Gasteiger partial charge in [-0.15, -0.1) is 0 Å². The van der Waals surface area contributed by atoms with E-state index in [1.165, 1.54) is 6.26 Å². The Morgan fingerprint density at radius 1 is 1.27 bits per heavy atom. The van der Waals surface area contributed by atoms with E-state index in [1.807, 2.05) is 38.2 Å². The maximum atomic E-state index is 13.0. The number of likely N-dealkylation sites (tertiary alicyclic amines) is 1. The Morgan fingerprint density at radius 3 is 2.65 bits per heavy atom. The number of hydrogen-bond acceptors (Lipinski definition) is 3. The lowest BCUT2D eigenvalue weighted by molar-refractivity contribution is -0.137. The van der Waals surface area contributed by atoms with Gasteiger partial charge < -0.3 is 14.2 Å². The van der Waals surface area contributed by atoms with Crippen molar-refractivity contribution in [1.82, 2.24) is 9.80 Å². The normalized spacial score (nSPS) is 18.4. The van der Waals surface area contributed by atoms with Crippen molar-refractivity contribution in [2.45, 2.75) is 25.8 Å². The van der Waals surface area contributed by atoms with Crippen LogP contribution in [0.5, 0.6) is 0 Å². The van der Waals surface area contributed by atoms with Gasteiger partial charge in [0.25, 0.3) is 5.91 Å². The molecule has 3 rings (SSSR count). The molecule has 5 nitrogen and oxygen atoms in total. The van der Waals surface area contributed by atoms with Crippen molar-refractivity contribution in [2.24, 2.45) is 5.92 Å². The van der Waals surface area contributed by atoms with Crippen molar-refractivity contribution in [2.75, 3.05) is 20.1 Å². The van der Waals surface area contributed by atoms with Crippen molar-refractivity contribution in [3.63, 3.8) is 0 Å². The molecule has 0 bridgehead atoms. The summed E-state index contributed by atoms with van der Waals surface area (Å²) >= 11 is 5.94. The van der Waals surface area contributed by atoms with Crippen LogP contribution < -0.4 is 0 Å². The van der Waals surface area contributed by atoms with Gasteiger partial charge in [0.1, 0.15) is 0 Å². The summed E-state index contributed by atoms with van der Waals surface area (Å²) in [5.74, 6) is 0.0358. The molecule has 2 amide bonds. The van der Waals surface area contributed by atoms with Gasteiger partial charge >= 0.3 is 0 Å². The molecule has 2 aromatic rings. The lowest BCUT2D eigenvalue weighted by Crippen LogP contribution is -2.46. The zero-order chi connectivity index (χ0) is 18.7. The molecule has 6 heteroatoms. The van der Waals surface area contributed by atoms with Crippen LogP contribution in [0.4, 0.5) is 0 Å². The molecule has 1 aromatic heterocycles. The molecule has 0 spiro atoms. The quantitative estimate of drug-likeness (QED) is 0.812. The Bertz CT molecular complexity index is 758. The summed E-state index contributed by atoms with van der Waals surface area (Å²) in [5.41, 5.74) is 1.03. The Morgan fingerprint density at radius 2 is 2.00 bits per heavy atom. The van der Waals surface area contributed by atoms with E-state index >= 15 is 0 Å². The molecule has 1 aliphatic rings. The Labute approximate surface area is 158 Å². The van der Waals surface area contributed by atoms with Gasteiger partial charge in [0, 0.05) is 25.2 Å². The highest BCUT2D eigenvalue weighted by Crippen LogP contribution is 2.26. The van der Waals surface area contributed by atoms with Crippen LogP contribution in [0.15, 0.2) is 47.1 Å². The highest BCUT2D eigenvalue weighted by Gasteiger charge is 2.32. The molecule has 0 aliphatic carbocycles. The molecule has 2 heterocycles. The highest BCUT2D eigenvalue weighted by molar-refractivity contribution is 6.30. The Hall–Kier alpha value is -2.27. The predicted molar refractivity (Wildman–Crippen MR) is 100.0 cm³/mol. The fourth-order valence-electron chi connectivity index (χ4n) is 3.36. The van der Waals surface area contributed by atoms with Gasteiger partial charge in [0.05, 0.1) is 18.2 Å². The Balaban J connectivity index is 1.66. The molecule has 0 N–H and O–H groups in total. The molecule has 26 heavy (non-hydrogen) atoms.